The van der Waals surface area contributed by atoms with Crippen LogP contribution in [0.1, 0.15) is 49.8 Å². The second kappa shape index (κ2) is 14.9. The van der Waals surface area contributed by atoms with Crippen LogP contribution in [-0.4, -0.2) is 46.5 Å². The molecule has 0 fully saturated rings. The number of para-hydroxylation sites is 1. The van der Waals surface area contributed by atoms with Gasteiger partial charge in [0.1, 0.15) is 0 Å². The van der Waals surface area contributed by atoms with E-state index in [2.05, 4.69) is 94.1 Å². The fourth-order valence-corrected chi connectivity index (χ4v) is 4.66. The number of H-pyrrole nitrogens is 1. The van der Waals surface area contributed by atoms with Crippen molar-refractivity contribution in [2.45, 2.75) is 52.1 Å². The summed E-state index contributed by atoms with van der Waals surface area (Å²) in [5, 5.41) is 7.80. The highest BCUT2D eigenvalue weighted by atomic mass is 16.1. The minimum Gasteiger partial charge on any atom is -0.385 e. The largest absolute Gasteiger partial charge is 0.385 e. The Labute approximate surface area is 232 Å². The summed E-state index contributed by atoms with van der Waals surface area (Å²) in [5.74, 6) is -0.0638. The van der Waals surface area contributed by atoms with Crippen LogP contribution in [0, 0.1) is 0 Å². The van der Waals surface area contributed by atoms with Crippen LogP contribution >= 0.6 is 0 Å². The summed E-state index contributed by atoms with van der Waals surface area (Å²) in [6.45, 7) is 8.14. The standard InChI is InChI=1S/C33H41N5O/c1-26(2)38(22-18-29-24-37-32-11-5-4-10-31(29)32)25-28-12-15-30(16-13-28)35-20-6-3-7-21-36-33(39)17-14-27-9-8-19-34-23-27/h4-5,8-17,19,23-24,26,35,37H,3,6-7,18,20-22,25H2,1-2H3,(H,36,39)/b17-14+. The van der Waals surface area contributed by atoms with Crippen LogP contribution in [0.3, 0.4) is 0 Å². The zero-order valence-corrected chi connectivity index (χ0v) is 23.2. The topological polar surface area (TPSA) is 73.1 Å². The van der Waals surface area contributed by atoms with Crippen LogP contribution < -0.4 is 10.6 Å². The molecule has 0 saturated heterocycles. The predicted octanol–water partition coefficient (Wildman–Crippen LogP) is 6.43. The van der Waals surface area contributed by atoms with Gasteiger partial charge in [0.2, 0.25) is 5.91 Å². The van der Waals surface area contributed by atoms with Crippen molar-refractivity contribution in [1.82, 2.24) is 20.2 Å². The average Bonchev–Trinajstić information content (AvgIpc) is 3.38. The third kappa shape index (κ3) is 9.11. The number of anilines is 1. The second-order valence-corrected chi connectivity index (χ2v) is 10.3. The van der Waals surface area contributed by atoms with E-state index in [9.17, 15) is 4.79 Å². The van der Waals surface area contributed by atoms with Gasteiger partial charge < -0.3 is 15.6 Å². The number of nitrogens with zero attached hydrogens (tertiary/aromatic N) is 2. The van der Waals surface area contributed by atoms with Gasteiger partial charge in [-0.3, -0.25) is 14.7 Å². The van der Waals surface area contributed by atoms with Gasteiger partial charge in [-0.05, 0) is 86.6 Å². The molecule has 0 spiro atoms. The molecule has 4 aromatic rings. The van der Waals surface area contributed by atoms with E-state index in [0.717, 1.165) is 56.6 Å². The van der Waals surface area contributed by atoms with Crippen molar-refractivity contribution in [2.75, 3.05) is 25.0 Å². The Hall–Kier alpha value is -3.90. The molecule has 0 aliphatic carbocycles. The number of carbonyl (C=O) groups excluding carboxylic acids is 1. The number of unbranched alkanes of at least 4 members (excludes halogenated alkanes) is 2. The van der Waals surface area contributed by atoms with Gasteiger partial charge in [0.25, 0.3) is 0 Å². The summed E-state index contributed by atoms with van der Waals surface area (Å²) in [5.41, 5.74) is 6.01. The summed E-state index contributed by atoms with van der Waals surface area (Å²) in [6.07, 6.45) is 13.1. The van der Waals surface area contributed by atoms with Crippen LogP contribution in [0.2, 0.25) is 0 Å². The Bertz CT molecular complexity index is 1310. The molecule has 204 valence electrons. The SMILES string of the molecule is CC(C)N(CCc1c[nH]c2ccccc12)Cc1ccc(NCCCCCNC(=O)/C=C/c2cccnc2)cc1. The Balaban J connectivity index is 1.11. The van der Waals surface area contributed by atoms with E-state index in [4.69, 9.17) is 0 Å². The molecule has 0 bridgehead atoms. The van der Waals surface area contributed by atoms with Gasteiger partial charge in [-0.2, -0.15) is 0 Å². The van der Waals surface area contributed by atoms with Gasteiger partial charge in [0.05, 0.1) is 0 Å². The number of rotatable bonds is 15. The van der Waals surface area contributed by atoms with Gasteiger partial charge in [0, 0.05) is 73.5 Å². The molecule has 1 amide bonds. The number of hydrogen-bond donors (Lipinski definition) is 3. The fraction of sp³-hybridized carbons (Fsp3) is 0.333. The minimum atomic E-state index is -0.0638. The number of aromatic nitrogens is 2. The van der Waals surface area contributed by atoms with E-state index in [1.165, 1.54) is 22.0 Å². The van der Waals surface area contributed by atoms with Gasteiger partial charge in [-0.15, -0.1) is 0 Å². The monoisotopic (exact) mass is 523 g/mol. The van der Waals surface area contributed by atoms with Crippen LogP contribution in [0.25, 0.3) is 17.0 Å². The lowest BCUT2D eigenvalue weighted by Gasteiger charge is -2.26. The summed E-state index contributed by atoms with van der Waals surface area (Å²) in [7, 11) is 0. The summed E-state index contributed by atoms with van der Waals surface area (Å²) in [4.78, 5) is 21.9. The number of hydrogen-bond acceptors (Lipinski definition) is 4. The Morgan fingerprint density at radius 1 is 1.00 bits per heavy atom. The molecule has 6 heteroatoms. The molecule has 0 unspecified atom stereocenters. The Kier molecular flexibility index (Phi) is 10.7. The third-order valence-electron chi connectivity index (χ3n) is 7.01. The van der Waals surface area contributed by atoms with Crippen molar-refractivity contribution in [2.24, 2.45) is 0 Å². The molecule has 3 N–H and O–H groups in total. The van der Waals surface area contributed by atoms with Gasteiger partial charge in [-0.1, -0.05) is 36.4 Å². The van der Waals surface area contributed by atoms with E-state index in [1.807, 2.05) is 12.1 Å². The maximum Gasteiger partial charge on any atom is 0.243 e. The Morgan fingerprint density at radius 3 is 2.62 bits per heavy atom. The maximum absolute atomic E-state index is 11.9. The van der Waals surface area contributed by atoms with E-state index in [0.29, 0.717) is 12.6 Å². The van der Waals surface area contributed by atoms with Crippen molar-refractivity contribution in [3.05, 3.63) is 102 Å². The summed E-state index contributed by atoms with van der Waals surface area (Å²) < 4.78 is 0. The first kappa shape index (κ1) is 28.1. The molecule has 0 saturated carbocycles. The number of nitrogens with one attached hydrogen (secondary N) is 3. The van der Waals surface area contributed by atoms with Crippen LogP contribution in [-0.2, 0) is 17.8 Å². The lowest BCUT2D eigenvalue weighted by molar-refractivity contribution is -0.116. The van der Waals surface area contributed by atoms with Gasteiger partial charge in [0.15, 0.2) is 0 Å². The number of amides is 1. The van der Waals surface area contributed by atoms with Crippen molar-refractivity contribution >= 4 is 28.6 Å². The molecule has 6 nitrogen and oxygen atoms in total. The molecule has 39 heavy (non-hydrogen) atoms. The van der Waals surface area contributed by atoms with E-state index in [-0.39, 0.29) is 5.91 Å². The molecule has 2 aromatic heterocycles. The molecule has 4 rings (SSSR count). The molecule has 0 atom stereocenters. The molecule has 0 radical (unpaired) electrons. The molecular weight excluding hydrogens is 482 g/mol. The zero-order chi connectivity index (χ0) is 27.3. The van der Waals surface area contributed by atoms with Crippen molar-refractivity contribution < 1.29 is 4.79 Å². The highest BCUT2D eigenvalue weighted by molar-refractivity contribution is 5.91. The van der Waals surface area contributed by atoms with Crippen LogP contribution in [0.4, 0.5) is 5.69 Å². The molecule has 0 aliphatic rings. The number of pyridine rings is 1. The maximum atomic E-state index is 11.9. The number of carbonyl (C=O) groups is 1. The summed E-state index contributed by atoms with van der Waals surface area (Å²) >= 11 is 0. The quantitative estimate of drug-likeness (QED) is 0.124. The van der Waals surface area contributed by atoms with Crippen molar-refractivity contribution in [3.63, 3.8) is 0 Å². The van der Waals surface area contributed by atoms with Gasteiger partial charge >= 0.3 is 0 Å². The van der Waals surface area contributed by atoms with E-state index < -0.39 is 0 Å². The first-order valence-corrected chi connectivity index (χ1v) is 14.1. The smallest absolute Gasteiger partial charge is 0.243 e. The minimum absolute atomic E-state index is 0.0638. The Morgan fingerprint density at radius 2 is 1.82 bits per heavy atom. The van der Waals surface area contributed by atoms with E-state index >= 15 is 0 Å². The zero-order valence-electron chi connectivity index (χ0n) is 23.2. The van der Waals surface area contributed by atoms with Crippen molar-refractivity contribution in [3.8, 4) is 0 Å². The number of benzene rings is 2. The molecule has 0 aliphatic heterocycles. The second-order valence-electron chi connectivity index (χ2n) is 10.3. The first-order chi connectivity index (χ1) is 19.1. The van der Waals surface area contributed by atoms with Crippen LogP contribution in [0.5, 0.6) is 0 Å². The van der Waals surface area contributed by atoms with Crippen molar-refractivity contribution in [1.29, 1.82) is 0 Å². The first-order valence-electron chi connectivity index (χ1n) is 14.1. The van der Waals surface area contributed by atoms with E-state index in [1.54, 1.807) is 24.5 Å². The van der Waals surface area contributed by atoms with Crippen LogP contribution in [0.15, 0.2) is 85.3 Å². The average molecular weight is 524 g/mol. The number of aromatic amines is 1. The normalized spacial score (nSPS) is 11.6. The lowest BCUT2D eigenvalue weighted by atomic mass is 10.1. The number of fused-ring (bicyclic) bond motifs is 1. The summed E-state index contributed by atoms with van der Waals surface area (Å²) in [6, 6.07) is 21.6. The molecular formula is C33H41N5O. The molecule has 2 aromatic carbocycles. The lowest BCUT2D eigenvalue weighted by Crippen LogP contribution is -2.32. The fourth-order valence-electron chi connectivity index (χ4n) is 4.66. The molecule has 2 heterocycles. The van der Waals surface area contributed by atoms with Gasteiger partial charge in [-0.25, -0.2) is 0 Å². The highest BCUT2D eigenvalue weighted by Crippen LogP contribution is 2.20. The highest BCUT2D eigenvalue weighted by Gasteiger charge is 2.12. The predicted molar refractivity (Wildman–Crippen MR) is 163 cm³/mol. The third-order valence-corrected chi connectivity index (χ3v) is 7.01.